The molecule has 4 nitrogen and oxygen atoms in total. The van der Waals surface area contributed by atoms with Gasteiger partial charge in [0, 0.05) is 31.4 Å². The Morgan fingerprint density at radius 3 is 2.53 bits per heavy atom. The minimum absolute atomic E-state index is 0.394. The molecule has 0 fully saturated rings. The van der Waals surface area contributed by atoms with Gasteiger partial charge in [0.2, 0.25) is 0 Å². The molecular weight excluding hydrogens is 260 g/mol. The number of pyridine rings is 1. The van der Waals surface area contributed by atoms with Crippen LogP contribution in [0.4, 0.5) is 5.82 Å². The largest absolute Gasteiger partial charge is 0.368 e. The lowest BCUT2D eigenvalue weighted by atomic mass is 10.2. The van der Waals surface area contributed by atoms with Gasteiger partial charge in [-0.25, -0.2) is 4.98 Å². The Labute approximate surface area is 120 Å². The zero-order chi connectivity index (χ0) is 14.4. The van der Waals surface area contributed by atoms with E-state index in [4.69, 9.17) is 16.9 Å². The second-order valence-electron chi connectivity index (χ2n) is 4.99. The van der Waals surface area contributed by atoms with E-state index < -0.39 is 0 Å². The molecule has 0 aromatic carbocycles. The first kappa shape index (κ1) is 15.7. The molecule has 0 saturated heterocycles. The summed E-state index contributed by atoms with van der Waals surface area (Å²) >= 11 is 6.09. The van der Waals surface area contributed by atoms with Crippen molar-refractivity contribution in [3.05, 3.63) is 22.8 Å². The monoisotopic (exact) mass is 280 g/mol. The molecule has 0 aliphatic heterocycles. The molecule has 0 bridgehead atoms. The van der Waals surface area contributed by atoms with Crippen molar-refractivity contribution in [2.24, 2.45) is 0 Å². The minimum Gasteiger partial charge on any atom is -0.368 e. The van der Waals surface area contributed by atoms with Crippen molar-refractivity contribution in [2.75, 3.05) is 18.4 Å². The fourth-order valence-electron chi connectivity index (χ4n) is 2.07. The molecule has 0 spiro atoms. The van der Waals surface area contributed by atoms with Crippen LogP contribution in [0.5, 0.6) is 0 Å². The summed E-state index contributed by atoms with van der Waals surface area (Å²) in [5.74, 6) is 0.577. The zero-order valence-electron chi connectivity index (χ0n) is 11.9. The van der Waals surface area contributed by atoms with Gasteiger partial charge in [-0.3, -0.25) is 4.90 Å². The van der Waals surface area contributed by atoms with Crippen LogP contribution in [-0.2, 0) is 0 Å². The van der Waals surface area contributed by atoms with Crippen LogP contribution in [0.3, 0.4) is 0 Å². The summed E-state index contributed by atoms with van der Waals surface area (Å²) < 4.78 is 0. The maximum Gasteiger partial charge on any atom is 0.146 e. The van der Waals surface area contributed by atoms with Crippen LogP contribution in [0, 0.1) is 11.3 Å². The molecule has 1 N–H and O–H groups in total. The predicted molar refractivity (Wildman–Crippen MR) is 79.4 cm³/mol. The number of nitrogens with zero attached hydrogens (tertiary/aromatic N) is 3. The Kier molecular flexibility index (Phi) is 6.07. The maximum atomic E-state index is 8.90. The second kappa shape index (κ2) is 7.32. The van der Waals surface area contributed by atoms with Gasteiger partial charge in [0.25, 0.3) is 0 Å². The fraction of sp³-hybridized carbons (Fsp3) is 0.571. The van der Waals surface area contributed by atoms with Crippen molar-refractivity contribution in [1.82, 2.24) is 9.88 Å². The summed E-state index contributed by atoms with van der Waals surface area (Å²) in [5, 5.41) is 12.5. The quantitative estimate of drug-likeness (QED) is 0.870. The van der Waals surface area contributed by atoms with Gasteiger partial charge in [-0.15, -0.1) is 0 Å². The van der Waals surface area contributed by atoms with Crippen LogP contribution in [0.25, 0.3) is 0 Å². The molecule has 1 rings (SSSR count). The van der Waals surface area contributed by atoms with Crippen molar-refractivity contribution >= 4 is 17.4 Å². The zero-order valence-corrected chi connectivity index (χ0v) is 12.7. The highest BCUT2D eigenvalue weighted by molar-refractivity contribution is 6.34. The second-order valence-corrected chi connectivity index (χ2v) is 5.36. The Morgan fingerprint density at radius 1 is 1.37 bits per heavy atom. The molecule has 0 amide bonds. The lowest BCUT2D eigenvalue weighted by Crippen LogP contribution is -2.40. The van der Waals surface area contributed by atoms with E-state index in [1.54, 1.807) is 12.3 Å². The summed E-state index contributed by atoms with van der Waals surface area (Å²) in [7, 11) is 0. The van der Waals surface area contributed by atoms with E-state index in [-0.39, 0.29) is 0 Å². The third kappa shape index (κ3) is 4.38. The van der Waals surface area contributed by atoms with Crippen molar-refractivity contribution in [3.63, 3.8) is 0 Å². The molecule has 0 aliphatic carbocycles. The molecule has 1 heterocycles. The Bertz CT molecular complexity index is 443. The van der Waals surface area contributed by atoms with Gasteiger partial charge in [-0.1, -0.05) is 11.6 Å². The van der Waals surface area contributed by atoms with Gasteiger partial charge in [-0.05, 0) is 33.8 Å². The van der Waals surface area contributed by atoms with E-state index in [0.717, 1.165) is 13.1 Å². The highest BCUT2D eigenvalue weighted by Crippen LogP contribution is 2.22. The lowest BCUT2D eigenvalue weighted by Gasteiger charge is -2.30. The molecule has 0 unspecified atom stereocenters. The highest BCUT2D eigenvalue weighted by atomic mass is 35.5. The minimum atomic E-state index is 0.394. The number of rotatable bonds is 6. The number of nitrogens with one attached hydrogen (secondary N) is 1. The number of nitriles is 1. The SMILES string of the molecule is CC(C)N(CCNc1nccc(C#N)c1Cl)C(C)C. The first-order chi connectivity index (χ1) is 8.97. The Balaban J connectivity index is 2.61. The van der Waals surface area contributed by atoms with E-state index in [0.29, 0.717) is 28.5 Å². The molecular formula is C14H21ClN4. The molecule has 19 heavy (non-hydrogen) atoms. The van der Waals surface area contributed by atoms with E-state index in [1.165, 1.54) is 0 Å². The van der Waals surface area contributed by atoms with E-state index in [9.17, 15) is 0 Å². The molecule has 0 aliphatic rings. The number of aromatic nitrogens is 1. The fourth-order valence-corrected chi connectivity index (χ4v) is 2.29. The van der Waals surface area contributed by atoms with Gasteiger partial charge in [0.1, 0.15) is 16.9 Å². The topological polar surface area (TPSA) is 52.0 Å². The van der Waals surface area contributed by atoms with E-state index >= 15 is 0 Å². The number of halogens is 1. The smallest absolute Gasteiger partial charge is 0.146 e. The summed E-state index contributed by atoms with van der Waals surface area (Å²) in [5.41, 5.74) is 0.448. The summed E-state index contributed by atoms with van der Waals surface area (Å²) in [6, 6.07) is 4.65. The summed E-state index contributed by atoms with van der Waals surface area (Å²) in [4.78, 5) is 6.54. The van der Waals surface area contributed by atoms with Crippen LogP contribution in [-0.4, -0.2) is 35.1 Å². The lowest BCUT2D eigenvalue weighted by molar-refractivity contribution is 0.182. The molecule has 1 aromatic rings. The standard InChI is InChI=1S/C14H21ClN4/c1-10(2)19(11(3)4)8-7-18-14-13(15)12(9-16)5-6-17-14/h5-6,10-11H,7-8H2,1-4H3,(H,17,18). The number of hydrogen-bond donors (Lipinski definition) is 1. The van der Waals surface area contributed by atoms with Crippen molar-refractivity contribution in [1.29, 1.82) is 5.26 Å². The molecule has 0 saturated carbocycles. The maximum absolute atomic E-state index is 8.90. The number of anilines is 1. The van der Waals surface area contributed by atoms with Crippen LogP contribution in [0.1, 0.15) is 33.3 Å². The Morgan fingerprint density at radius 2 is 2.00 bits per heavy atom. The summed E-state index contributed by atoms with van der Waals surface area (Å²) in [6.07, 6.45) is 1.59. The third-order valence-electron chi connectivity index (χ3n) is 3.00. The van der Waals surface area contributed by atoms with Gasteiger partial charge < -0.3 is 5.32 Å². The molecule has 104 valence electrons. The molecule has 0 radical (unpaired) electrons. The van der Waals surface area contributed by atoms with Crippen LogP contribution in [0.15, 0.2) is 12.3 Å². The normalized spacial score (nSPS) is 11.1. The first-order valence-electron chi connectivity index (χ1n) is 6.51. The van der Waals surface area contributed by atoms with E-state index in [2.05, 4.69) is 42.9 Å². The highest BCUT2D eigenvalue weighted by Gasteiger charge is 2.13. The average molecular weight is 281 g/mol. The van der Waals surface area contributed by atoms with Crippen LogP contribution < -0.4 is 5.32 Å². The average Bonchev–Trinajstić information content (AvgIpc) is 2.35. The number of hydrogen-bond acceptors (Lipinski definition) is 4. The van der Waals surface area contributed by atoms with Crippen LogP contribution >= 0.6 is 11.6 Å². The third-order valence-corrected chi connectivity index (χ3v) is 3.38. The van der Waals surface area contributed by atoms with Crippen LogP contribution in [0.2, 0.25) is 5.02 Å². The molecule has 5 heteroatoms. The van der Waals surface area contributed by atoms with Crippen molar-refractivity contribution in [3.8, 4) is 6.07 Å². The van der Waals surface area contributed by atoms with Crippen molar-refractivity contribution < 1.29 is 0 Å². The first-order valence-corrected chi connectivity index (χ1v) is 6.89. The van der Waals surface area contributed by atoms with Gasteiger partial charge in [-0.2, -0.15) is 5.26 Å². The Hall–Kier alpha value is -1.31. The van der Waals surface area contributed by atoms with E-state index in [1.807, 2.05) is 6.07 Å². The summed E-state index contributed by atoms with van der Waals surface area (Å²) in [6.45, 7) is 10.4. The van der Waals surface area contributed by atoms with Gasteiger partial charge in [0.15, 0.2) is 0 Å². The van der Waals surface area contributed by atoms with Crippen molar-refractivity contribution in [2.45, 2.75) is 39.8 Å². The molecule has 1 aromatic heterocycles. The molecule has 0 atom stereocenters. The van der Waals surface area contributed by atoms with Gasteiger partial charge in [0.05, 0.1) is 5.56 Å². The predicted octanol–water partition coefficient (Wildman–Crippen LogP) is 3.14. The van der Waals surface area contributed by atoms with Gasteiger partial charge >= 0.3 is 0 Å².